The van der Waals surface area contributed by atoms with Crippen molar-refractivity contribution in [2.45, 2.75) is 45.3 Å². The van der Waals surface area contributed by atoms with E-state index in [9.17, 15) is 9.59 Å². The first-order valence-corrected chi connectivity index (χ1v) is 5.58. The minimum atomic E-state index is -0.553. The molecule has 0 saturated heterocycles. The summed E-state index contributed by atoms with van der Waals surface area (Å²) < 4.78 is 9.93. The number of rotatable bonds is 6. The Morgan fingerprint density at radius 2 is 2.00 bits per heavy atom. The van der Waals surface area contributed by atoms with Crippen LogP contribution in [0.15, 0.2) is 12.7 Å². The molecule has 98 valence electrons. The molecule has 0 aliphatic carbocycles. The fourth-order valence-corrected chi connectivity index (χ4v) is 1.06. The van der Waals surface area contributed by atoms with E-state index < -0.39 is 17.6 Å². The third-order valence-electron chi connectivity index (χ3n) is 1.79. The van der Waals surface area contributed by atoms with Gasteiger partial charge >= 0.3 is 11.9 Å². The molecule has 0 radical (unpaired) electrons. The maximum absolute atomic E-state index is 11.4. The first kappa shape index (κ1) is 15.6. The van der Waals surface area contributed by atoms with Gasteiger partial charge in [0.25, 0.3) is 0 Å². The Kier molecular flexibility index (Phi) is 6.50. The number of esters is 2. The van der Waals surface area contributed by atoms with Crippen LogP contribution in [-0.4, -0.2) is 30.2 Å². The molecule has 0 unspecified atom stereocenters. The van der Waals surface area contributed by atoms with Crippen LogP contribution in [-0.2, 0) is 19.1 Å². The van der Waals surface area contributed by atoms with Gasteiger partial charge in [0.1, 0.15) is 12.2 Å². The lowest BCUT2D eigenvalue weighted by molar-refractivity contribution is -0.409. The van der Waals surface area contributed by atoms with E-state index in [-0.39, 0.29) is 19.0 Å². The second-order valence-corrected chi connectivity index (χ2v) is 4.74. The fourth-order valence-electron chi connectivity index (χ4n) is 1.06. The average Bonchev–Trinajstić information content (AvgIpc) is 2.20. The van der Waals surface area contributed by atoms with Crippen LogP contribution < -0.4 is 5.73 Å². The highest BCUT2D eigenvalue weighted by Gasteiger charge is 2.22. The maximum atomic E-state index is 11.4. The zero-order chi connectivity index (χ0) is 13.5. The molecule has 3 N–H and O–H groups in total. The summed E-state index contributed by atoms with van der Waals surface area (Å²) in [6.07, 6.45) is 1.97. The van der Waals surface area contributed by atoms with E-state index in [2.05, 4.69) is 12.3 Å². The molecule has 0 saturated carbocycles. The number of hydrogen-bond donors (Lipinski definition) is 1. The second-order valence-electron chi connectivity index (χ2n) is 4.74. The van der Waals surface area contributed by atoms with Crippen molar-refractivity contribution in [3.05, 3.63) is 12.7 Å². The highest BCUT2D eigenvalue weighted by Crippen LogP contribution is 2.09. The summed E-state index contributed by atoms with van der Waals surface area (Å²) in [5.41, 5.74) is 3.14. The van der Waals surface area contributed by atoms with Crippen molar-refractivity contribution >= 4 is 11.9 Å². The molecule has 5 heteroatoms. The van der Waals surface area contributed by atoms with Crippen LogP contribution in [0.4, 0.5) is 0 Å². The second kappa shape index (κ2) is 7.06. The third kappa shape index (κ3) is 8.45. The van der Waals surface area contributed by atoms with E-state index in [0.717, 1.165) is 0 Å². The Bertz CT molecular complexity index is 281. The molecule has 0 bridgehead atoms. The standard InChI is InChI=1S/C12H21NO4/c1-5-8-16-11(15)9(13)6-7-10(14)17-12(2,3)4/h5,9H,1,6-8,13H2,2-4H3/p+1/t9-/m1/s1. The Hall–Kier alpha value is -1.36. The van der Waals surface area contributed by atoms with E-state index in [1.807, 2.05) is 0 Å². The first-order chi connectivity index (χ1) is 7.76. The van der Waals surface area contributed by atoms with Gasteiger partial charge in [-0.05, 0) is 20.8 Å². The quantitative estimate of drug-likeness (QED) is 0.543. The summed E-state index contributed by atoms with van der Waals surface area (Å²) in [7, 11) is 0. The molecule has 0 heterocycles. The van der Waals surface area contributed by atoms with Crippen molar-refractivity contribution < 1.29 is 24.8 Å². The molecule has 0 aliphatic rings. The van der Waals surface area contributed by atoms with Crippen molar-refractivity contribution in [2.24, 2.45) is 0 Å². The molecule has 0 fully saturated rings. The molecule has 0 aromatic carbocycles. The molecule has 5 nitrogen and oxygen atoms in total. The van der Waals surface area contributed by atoms with Crippen molar-refractivity contribution in [3.8, 4) is 0 Å². The third-order valence-corrected chi connectivity index (χ3v) is 1.79. The molecule has 1 atom stereocenters. The molecule has 17 heavy (non-hydrogen) atoms. The minimum absolute atomic E-state index is 0.161. The fraction of sp³-hybridized carbons (Fsp3) is 0.667. The van der Waals surface area contributed by atoms with Gasteiger partial charge < -0.3 is 15.2 Å². The molecule has 0 rings (SSSR count). The van der Waals surface area contributed by atoms with Crippen LogP contribution in [0.3, 0.4) is 0 Å². The van der Waals surface area contributed by atoms with Crippen LogP contribution in [0.2, 0.25) is 0 Å². The Labute approximate surface area is 102 Å². The van der Waals surface area contributed by atoms with Crippen LogP contribution in [0.25, 0.3) is 0 Å². The number of quaternary nitrogens is 1. The van der Waals surface area contributed by atoms with Crippen molar-refractivity contribution in [1.29, 1.82) is 0 Å². The topological polar surface area (TPSA) is 80.2 Å². The Balaban J connectivity index is 3.91. The molecule has 0 aromatic rings. The van der Waals surface area contributed by atoms with Crippen LogP contribution >= 0.6 is 0 Å². The highest BCUT2D eigenvalue weighted by atomic mass is 16.6. The van der Waals surface area contributed by atoms with Crippen molar-refractivity contribution in [3.63, 3.8) is 0 Å². The van der Waals surface area contributed by atoms with E-state index in [1.54, 1.807) is 20.8 Å². The molecule has 0 amide bonds. The zero-order valence-corrected chi connectivity index (χ0v) is 10.8. The number of carbonyl (C=O) groups excluding carboxylic acids is 2. The summed E-state index contributed by atoms with van der Waals surface area (Å²) in [5, 5.41) is 0. The van der Waals surface area contributed by atoms with Crippen molar-refractivity contribution in [2.75, 3.05) is 6.61 Å². The van der Waals surface area contributed by atoms with Gasteiger partial charge in [-0.15, -0.1) is 0 Å². The number of hydrogen-bond acceptors (Lipinski definition) is 4. The summed E-state index contributed by atoms with van der Waals surface area (Å²) >= 11 is 0. The van der Waals surface area contributed by atoms with Gasteiger partial charge in [0.2, 0.25) is 0 Å². The SMILES string of the molecule is C=CCOC(=O)[C@H]([NH3+])CCC(=O)OC(C)(C)C. The monoisotopic (exact) mass is 244 g/mol. The predicted molar refractivity (Wildman–Crippen MR) is 62.9 cm³/mol. The molecule has 0 spiro atoms. The highest BCUT2D eigenvalue weighted by molar-refractivity contribution is 5.76. The predicted octanol–water partition coefficient (Wildman–Crippen LogP) is 0.448. The van der Waals surface area contributed by atoms with Gasteiger partial charge in [-0.25, -0.2) is 4.79 Å². The minimum Gasteiger partial charge on any atom is -0.460 e. The van der Waals surface area contributed by atoms with E-state index in [4.69, 9.17) is 9.47 Å². The zero-order valence-electron chi connectivity index (χ0n) is 10.8. The molecular formula is C12H22NO4+. The summed E-state index contributed by atoms with van der Waals surface area (Å²) in [4.78, 5) is 22.7. The lowest BCUT2D eigenvalue weighted by Crippen LogP contribution is -2.65. The van der Waals surface area contributed by atoms with E-state index >= 15 is 0 Å². The summed E-state index contributed by atoms with van der Waals surface area (Å²) in [6, 6.07) is -0.553. The largest absolute Gasteiger partial charge is 0.460 e. The summed E-state index contributed by atoms with van der Waals surface area (Å²) in [5.74, 6) is -0.754. The lowest BCUT2D eigenvalue weighted by Gasteiger charge is -2.19. The van der Waals surface area contributed by atoms with Crippen molar-refractivity contribution in [1.82, 2.24) is 0 Å². The Morgan fingerprint density at radius 1 is 1.41 bits per heavy atom. The number of ether oxygens (including phenoxy) is 2. The van der Waals surface area contributed by atoms with Gasteiger partial charge in [0.15, 0.2) is 6.04 Å². The molecule has 0 aromatic heterocycles. The van der Waals surface area contributed by atoms with Gasteiger partial charge in [0, 0.05) is 6.42 Å². The molecular weight excluding hydrogens is 222 g/mol. The van der Waals surface area contributed by atoms with E-state index in [1.165, 1.54) is 6.08 Å². The van der Waals surface area contributed by atoms with Gasteiger partial charge in [-0.1, -0.05) is 12.7 Å². The van der Waals surface area contributed by atoms with E-state index in [0.29, 0.717) is 6.42 Å². The van der Waals surface area contributed by atoms with Gasteiger partial charge in [-0.3, -0.25) is 4.79 Å². The first-order valence-electron chi connectivity index (χ1n) is 5.58. The smallest absolute Gasteiger partial charge is 0.365 e. The maximum Gasteiger partial charge on any atom is 0.365 e. The van der Waals surface area contributed by atoms with Crippen LogP contribution in [0.1, 0.15) is 33.6 Å². The van der Waals surface area contributed by atoms with Crippen LogP contribution in [0, 0.1) is 0 Å². The molecule has 0 aliphatic heterocycles. The van der Waals surface area contributed by atoms with Gasteiger partial charge in [0.05, 0.1) is 6.42 Å². The number of carbonyl (C=O) groups is 2. The lowest BCUT2D eigenvalue weighted by atomic mass is 10.1. The summed E-state index contributed by atoms with van der Waals surface area (Å²) in [6.45, 7) is 8.99. The Morgan fingerprint density at radius 3 is 2.47 bits per heavy atom. The van der Waals surface area contributed by atoms with Gasteiger partial charge in [-0.2, -0.15) is 0 Å². The average molecular weight is 244 g/mol. The van der Waals surface area contributed by atoms with Crippen LogP contribution in [0.5, 0.6) is 0 Å². The normalized spacial score (nSPS) is 12.7.